The Morgan fingerprint density at radius 3 is 2.96 bits per heavy atom. The predicted molar refractivity (Wildman–Crippen MR) is 108 cm³/mol. The molecule has 1 aliphatic heterocycles. The molecule has 1 fully saturated rings. The summed E-state index contributed by atoms with van der Waals surface area (Å²) in [5, 5.41) is 7.87. The highest BCUT2D eigenvalue weighted by Crippen LogP contribution is 2.15. The van der Waals surface area contributed by atoms with Crippen molar-refractivity contribution in [2.45, 2.75) is 59.4 Å². The molecule has 0 aliphatic carbocycles. The van der Waals surface area contributed by atoms with Gasteiger partial charge in [0.1, 0.15) is 5.01 Å². The zero-order chi connectivity index (χ0) is 17.9. The van der Waals surface area contributed by atoms with Gasteiger partial charge < -0.3 is 15.5 Å². The lowest BCUT2D eigenvalue weighted by Crippen LogP contribution is -2.38. The van der Waals surface area contributed by atoms with Gasteiger partial charge in [0.15, 0.2) is 5.96 Å². The summed E-state index contributed by atoms with van der Waals surface area (Å²) < 4.78 is 0. The molecule has 0 spiro atoms. The molecule has 2 rings (SSSR count). The van der Waals surface area contributed by atoms with E-state index < -0.39 is 0 Å². The van der Waals surface area contributed by atoms with E-state index in [0.717, 1.165) is 36.4 Å². The van der Waals surface area contributed by atoms with E-state index in [4.69, 9.17) is 0 Å². The number of nitrogens with zero attached hydrogens (tertiary/aromatic N) is 3. The number of rotatable bonds is 9. The Labute approximate surface area is 157 Å². The molecule has 5 nitrogen and oxygen atoms in total. The zero-order valence-electron chi connectivity index (χ0n) is 16.2. The highest BCUT2D eigenvalue weighted by molar-refractivity contribution is 7.11. The normalized spacial score (nSPS) is 19.2. The van der Waals surface area contributed by atoms with Gasteiger partial charge in [0.05, 0.1) is 6.54 Å². The van der Waals surface area contributed by atoms with Crippen LogP contribution in [0.3, 0.4) is 0 Å². The van der Waals surface area contributed by atoms with Gasteiger partial charge >= 0.3 is 0 Å². The maximum absolute atomic E-state index is 4.66. The van der Waals surface area contributed by atoms with Crippen LogP contribution in [-0.4, -0.2) is 48.6 Å². The molecule has 0 amide bonds. The van der Waals surface area contributed by atoms with Crippen LogP contribution in [-0.2, 0) is 13.0 Å². The Bertz CT molecular complexity index is 514. The third-order valence-electron chi connectivity index (χ3n) is 4.60. The minimum atomic E-state index is 0.658. The molecular weight excluding hydrogens is 330 g/mol. The van der Waals surface area contributed by atoms with Gasteiger partial charge in [-0.1, -0.05) is 13.8 Å². The van der Waals surface area contributed by atoms with E-state index in [9.17, 15) is 0 Å². The first kappa shape index (κ1) is 20.2. The molecule has 0 aromatic carbocycles. The Kier molecular flexibility index (Phi) is 9.26. The van der Waals surface area contributed by atoms with Crippen molar-refractivity contribution < 1.29 is 0 Å². The molecule has 6 heteroatoms. The monoisotopic (exact) mass is 365 g/mol. The maximum atomic E-state index is 4.66. The molecule has 1 aromatic heterocycles. The molecule has 2 N–H and O–H groups in total. The number of likely N-dealkylation sites (tertiary alicyclic amines) is 1. The van der Waals surface area contributed by atoms with Gasteiger partial charge in [-0.05, 0) is 58.0 Å². The van der Waals surface area contributed by atoms with Gasteiger partial charge in [-0.15, -0.1) is 11.3 Å². The SMILES string of the molecule is CCNC(=NCc1ncc(CC)s1)NCCCCN1CCCC(C)C1. The first-order valence-corrected chi connectivity index (χ1v) is 10.7. The number of thiazole rings is 1. The van der Waals surface area contributed by atoms with Crippen molar-refractivity contribution in [3.05, 3.63) is 16.1 Å². The Morgan fingerprint density at radius 1 is 1.36 bits per heavy atom. The van der Waals surface area contributed by atoms with Crippen molar-refractivity contribution in [2.75, 3.05) is 32.7 Å². The molecule has 25 heavy (non-hydrogen) atoms. The second kappa shape index (κ2) is 11.5. The summed E-state index contributed by atoms with van der Waals surface area (Å²) in [6, 6.07) is 0. The van der Waals surface area contributed by atoms with Crippen LogP contribution in [0.5, 0.6) is 0 Å². The molecular formula is C19H35N5S. The third-order valence-corrected chi connectivity index (χ3v) is 5.73. The van der Waals surface area contributed by atoms with Crippen LogP contribution in [0.25, 0.3) is 0 Å². The quantitative estimate of drug-likeness (QED) is 0.401. The molecule has 1 aromatic rings. The minimum Gasteiger partial charge on any atom is -0.357 e. The molecule has 1 unspecified atom stereocenters. The second-order valence-corrected chi connectivity index (χ2v) is 8.15. The van der Waals surface area contributed by atoms with Gasteiger partial charge in [0.25, 0.3) is 0 Å². The van der Waals surface area contributed by atoms with Gasteiger partial charge in [-0.25, -0.2) is 9.98 Å². The predicted octanol–water partition coefficient (Wildman–Crippen LogP) is 3.27. The van der Waals surface area contributed by atoms with Gasteiger partial charge in [0, 0.05) is 30.7 Å². The van der Waals surface area contributed by atoms with Gasteiger partial charge in [-0.2, -0.15) is 0 Å². The average Bonchev–Trinajstić information content (AvgIpc) is 3.07. The van der Waals surface area contributed by atoms with E-state index in [-0.39, 0.29) is 0 Å². The minimum absolute atomic E-state index is 0.658. The van der Waals surface area contributed by atoms with Crippen molar-refractivity contribution in [3.8, 4) is 0 Å². The lowest BCUT2D eigenvalue weighted by molar-refractivity contribution is 0.181. The highest BCUT2D eigenvalue weighted by Gasteiger charge is 2.15. The molecule has 1 saturated heterocycles. The molecule has 1 aliphatic rings. The molecule has 0 saturated carbocycles. The van der Waals surface area contributed by atoms with Crippen LogP contribution >= 0.6 is 11.3 Å². The zero-order valence-corrected chi connectivity index (χ0v) is 17.0. The summed E-state index contributed by atoms with van der Waals surface area (Å²) in [5.41, 5.74) is 0. The van der Waals surface area contributed by atoms with Crippen LogP contribution in [0, 0.1) is 5.92 Å². The number of aliphatic imine (C=N–C) groups is 1. The van der Waals surface area contributed by atoms with E-state index in [0.29, 0.717) is 6.54 Å². The number of nitrogens with one attached hydrogen (secondary N) is 2. The first-order chi connectivity index (χ1) is 12.2. The van der Waals surface area contributed by atoms with Crippen LogP contribution in [0.4, 0.5) is 0 Å². The van der Waals surface area contributed by atoms with Gasteiger partial charge in [0.2, 0.25) is 0 Å². The van der Waals surface area contributed by atoms with Crippen molar-refractivity contribution in [1.82, 2.24) is 20.5 Å². The van der Waals surface area contributed by atoms with E-state index in [2.05, 4.69) is 46.3 Å². The maximum Gasteiger partial charge on any atom is 0.191 e. The summed E-state index contributed by atoms with van der Waals surface area (Å²) >= 11 is 1.76. The van der Waals surface area contributed by atoms with Crippen molar-refractivity contribution >= 4 is 17.3 Å². The van der Waals surface area contributed by atoms with Crippen molar-refractivity contribution in [2.24, 2.45) is 10.9 Å². The van der Waals surface area contributed by atoms with Crippen LogP contribution < -0.4 is 10.6 Å². The number of aromatic nitrogens is 1. The topological polar surface area (TPSA) is 52.6 Å². The Morgan fingerprint density at radius 2 is 2.24 bits per heavy atom. The van der Waals surface area contributed by atoms with E-state index in [1.165, 1.54) is 50.2 Å². The summed E-state index contributed by atoms with van der Waals surface area (Å²) in [7, 11) is 0. The Hall–Kier alpha value is -1.14. The summed E-state index contributed by atoms with van der Waals surface area (Å²) in [5.74, 6) is 1.78. The number of guanidine groups is 1. The van der Waals surface area contributed by atoms with Gasteiger partial charge in [-0.3, -0.25) is 0 Å². The molecule has 142 valence electrons. The molecule has 1 atom stereocenters. The van der Waals surface area contributed by atoms with Crippen LogP contribution in [0.1, 0.15) is 56.3 Å². The highest BCUT2D eigenvalue weighted by atomic mass is 32.1. The lowest BCUT2D eigenvalue weighted by Gasteiger charge is -2.30. The largest absolute Gasteiger partial charge is 0.357 e. The lowest BCUT2D eigenvalue weighted by atomic mass is 10.0. The van der Waals surface area contributed by atoms with E-state index >= 15 is 0 Å². The number of piperidine rings is 1. The van der Waals surface area contributed by atoms with Crippen molar-refractivity contribution in [1.29, 1.82) is 0 Å². The molecule has 0 radical (unpaired) electrons. The number of aryl methyl sites for hydroxylation is 1. The summed E-state index contributed by atoms with van der Waals surface area (Å²) in [6.07, 6.45) is 8.23. The Balaban J connectivity index is 1.65. The fraction of sp³-hybridized carbons (Fsp3) is 0.789. The van der Waals surface area contributed by atoms with Crippen LogP contribution in [0.15, 0.2) is 11.2 Å². The van der Waals surface area contributed by atoms with E-state index in [1.54, 1.807) is 11.3 Å². The molecule has 2 heterocycles. The average molecular weight is 366 g/mol. The van der Waals surface area contributed by atoms with Crippen molar-refractivity contribution in [3.63, 3.8) is 0 Å². The van der Waals surface area contributed by atoms with E-state index in [1.807, 2.05) is 6.20 Å². The van der Waals surface area contributed by atoms with Crippen LogP contribution in [0.2, 0.25) is 0 Å². The summed E-state index contributed by atoms with van der Waals surface area (Å²) in [6.45, 7) is 13.0. The fourth-order valence-electron chi connectivity index (χ4n) is 3.23. The smallest absolute Gasteiger partial charge is 0.191 e. The third kappa shape index (κ3) is 7.74. The first-order valence-electron chi connectivity index (χ1n) is 9.89. The second-order valence-electron chi connectivity index (χ2n) is 6.95. The molecule has 0 bridgehead atoms. The number of unbranched alkanes of at least 4 members (excludes halogenated alkanes) is 1. The number of hydrogen-bond acceptors (Lipinski definition) is 4. The standard InChI is InChI=1S/C19H35N5S/c1-4-17-13-22-18(25-17)14-23-19(20-5-2)21-10-6-7-11-24-12-8-9-16(3)15-24/h13,16H,4-12,14-15H2,1-3H3,(H2,20,21,23). The summed E-state index contributed by atoms with van der Waals surface area (Å²) in [4.78, 5) is 13.1. The fourth-order valence-corrected chi connectivity index (χ4v) is 4.02. The number of hydrogen-bond donors (Lipinski definition) is 2.